The van der Waals surface area contributed by atoms with Crippen molar-refractivity contribution < 1.29 is 19.0 Å². The van der Waals surface area contributed by atoms with Crippen molar-refractivity contribution in [3.05, 3.63) is 60.7 Å². The molecule has 0 atom stereocenters. The first-order valence-electron chi connectivity index (χ1n) is 8.53. The number of hydrogen-bond acceptors (Lipinski definition) is 5. The van der Waals surface area contributed by atoms with E-state index in [1.54, 1.807) is 32.4 Å². The van der Waals surface area contributed by atoms with Gasteiger partial charge in [0.2, 0.25) is 0 Å². The van der Waals surface area contributed by atoms with Gasteiger partial charge in [-0.3, -0.25) is 10.1 Å². The first kappa shape index (κ1) is 19.4. The van der Waals surface area contributed by atoms with Crippen LogP contribution in [0, 0.1) is 0 Å². The molecule has 0 spiro atoms. The molecule has 7 heteroatoms. The predicted molar refractivity (Wildman–Crippen MR) is 113 cm³/mol. The van der Waals surface area contributed by atoms with Gasteiger partial charge < -0.3 is 19.5 Å². The molecule has 0 saturated carbocycles. The lowest BCUT2D eigenvalue weighted by molar-refractivity contribution is -0.121. The highest BCUT2D eigenvalue weighted by Crippen LogP contribution is 2.28. The van der Waals surface area contributed by atoms with E-state index < -0.39 is 0 Å². The maximum Gasteiger partial charge on any atom is 0.264 e. The van der Waals surface area contributed by atoms with Gasteiger partial charge in [-0.25, -0.2) is 0 Å². The van der Waals surface area contributed by atoms with Crippen LogP contribution >= 0.6 is 12.2 Å². The summed E-state index contributed by atoms with van der Waals surface area (Å²) >= 11 is 5.20. The molecule has 0 aliphatic heterocycles. The van der Waals surface area contributed by atoms with Gasteiger partial charge in [0.05, 0.1) is 19.9 Å². The first-order valence-corrected chi connectivity index (χ1v) is 8.94. The van der Waals surface area contributed by atoms with Crippen molar-refractivity contribution in [2.45, 2.75) is 0 Å². The van der Waals surface area contributed by atoms with Gasteiger partial charge in [0.25, 0.3) is 5.91 Å². The molecule has 3 rings (SSSR count). The van der Waals surface area contributed by atoms with Crippen molar-refractivity contribution in [1.82, 2.24) is 5.32 Å². The molecule has 0 fully saturated rings. The van der Waals surface area contributed by atoms with E-state index in [1.807, 2.05) is 42.5 Å². The van der Waals surface area contributed by atoms with Crippen molar-refractivity contribution in [3.8, 4) is 17.2 Å². The van der Waals surface area contributed by atoms with E-state index in [0.29, 0.717) is 22.9 Å². The molecule has 0 aliphatic rings. The van der Waals surface area contributed by atoms with Crippen LogP contribution < -0.4 is 24.8 Å². The van der Waals surface area contributed by atoms with Crippen LogP contribution in [0.25, 0.3) is 10.8 Å². The zero-order chi connectivity index (χ0) is 19.9. The summed E-state index contributed by atoms with van der Waals surface area (Å²) < 4.78 is 16.0. The van der Waals surface area contributed by atoms with Crippen LogP contribution in [0.15, 0.2) is 60.7 Å². The Kier molecular flexibility index (Phi) is 6.29. The Morgan fingerprint density at radius 1 is 0.929 bits per heavy atom. The highest BCUT2D eigenvalue weighted by atomic mass is 32.1. The van der Waals surface area contributed by atoms with Crippen LogP contribution in [-0.2, 0) is 4.79 Å². The second-order valence-corrected chi connectivity index (χ2v) is 6.27. The zero-order valence-corrected chi connectivity index (χ0v) is 16.3. The molecule has 0 unspecified atom stereocenters. The summed E-state index contributed by atoms with van der Waals surface area (Å²) in [5.74, 6) is 1.46. The van der Waals surface area contributed by atoms with Gasteiger partial charge in [-0.1, -0.05) is 30.3 Å². The summed E-state index contributed by atoms with van der Waals surface area (Å²) in [5, 5.41) is 7.80. The van der Waals surface area contributed by atoms with Crippen LogP contribution in [0.5, 0.6) is 17.2 Å². The molecule has 6 nitrogen and oxygen atoms in total. The Labute approximate surface area is 168 Å². The van der Waals surface area contributed by atoms with Crippen molar-refractivity contribution in [2.75, 3.05) is 26.1 Å². The van der Waals surface area contributed by atoms with E-state index in [2.05, 4.69) is 10.6 Å². The summed E-state index contributed by atoms with van der Waals surface area (Å²) in [7, 11) is 3.11. The number of amides is 1. The molecule has 0 aliphatic carbocycles. The van der Waals surface area contributed by atoms with E-state index in [1.165, 1.54) is 0 Å². The molecule has 0 aromatic heterocycles. The average Bonchev–Trinajstić information content (AvgIpc) is 2.72. The van der Waals surface area contributed by atoms with Gasteiger partial charge >= 0.3 is 0 Å². The molecule has 2 N–H and O–H groups in total. The SMILES string of the molecule is COc1ccc(OC)c(NC(=S)NC(=O)COc2ccc3ccccc3c2)c1. The summed E-state index contributed by atoms with van der Waals surface area (Å²) in [6.07, 6.45) is 0. The standard InChI is InChI=1S/C21H20N2O4S/c1-25-16-9-10-19(26-2)18(12-16)22-21(28)23-20(24)13-27-17-8-7-14-5-3-4-6-15(14)11-17/h3-12H,13H2,1-2H3,(H2,22,23,24,28). The number of rotatable bonds is 6. The molecule has 0 radical (unpaired) electrons. The van der Waals surface area contributed by atoms with Gasteiger partial charge in [0.15, 0.2) is 11.7 Å². The molecule has 0 saturated heterocycles. The van der Waals surface area contributed by atoms with Gasteiger partial charge in [-0.15, -0.1) is 0 Å². The summed E-state index contributed by atoms with van der Waals surface area (Å²) in [6.45, 7) is -0.157. The summed E-state index contributed by atoms with van der Waals surface area (Å²) in [5.41, 5.74) is 0.586. The Morgan fingerprint density at radius 2 is 1.68 bits per heavy atom. The van der Waals surface area contributed by atoms with E-state index >= 15 is 0 Å². The Bertz CT molecular complexity index is 1010. The largest absolute Gasteiger partial charge is 0.497 e. The number of benzene rings is 3. The molecule has 1 amide bonds. The van der Waals surface area contributed by atoms with Crippen LogP contribution in [0.2, 0.25) is 0 Å². The zero-order valence-electron chi connectivity index (χ0n) is 15.5. The number of anilines is 1. The second-order valence-electron chi connectivity index (χ2n) is 5.87. The van der Waals surface area contributed by atoms with E-state index in [0.717, 1.165) is 10.8 Å². The third-order valence-electron chi connectivity index (χ3n) is 4.00. The quantitative estimate of drug-likeness (QED) is 0.619. The van der Waals surface area contributed by atoms with Crippen molar-refractivity contribution in [2.24, 2.45) is 0 Å². The average molecular weight is 396 g/mol. The topological polar surface area (TPSA) is 68.8 Å². The van der Waals surface area contributed by atoms with Crippen LogP contribution in [0.1, 0.15) is 0 Å². The number of methoxy groups -OCH3 is 2. The van der Waals surface area contributed by atoms with Crippen LogP contribution in [0.3, 0.4) is 0 Å². The summed E-state index contributed by atoms with van der Waals surface area (Å²) in [4.78, 5) is 12.1. The highest BCUT2D eigenvalue weighted by Gasteiger charge is 2.10. The minimum Gasteiger partial charge on any atom is -0.497 e. The van der Waals surface area contributed by atoms with Gasteiger partial charge in [0.1, 0.15) is 17.2 Å². The predicted octanol–water partition coefficient (Wildman–Crippen LogP) is 3.75. The van der Waals surface area contributed by atoms with Gasteiger partial charge in [-0.05, 0) is 47.3 Å². The Balaban J connectivity index is 1.56. The fourth-order valence-electron chi connectivity index (χ4n) is 2.63. The fourth-order valence-corrected chi connectivity index (χ4v) is 2.86. The lowest BCUT2D eigenvalue weighted by Gasteiger charge is -2.14. The third kappa shape index (κ3) is 4.89. The maximum absolute atomic E-state index is 12.1. The second kappa shape index (κ2) is 9.05. The van der Waals surface area contributed by atoms with Gasteiger partial charge in [-0.2, -0.15) is 0 Å². The van der Waals surface area contributed by atoms with Crippen molar-refractivity contribution in [3.63, 3.8) is 0 Å². The summed E-state index contributed by atoms with van der Waals surface area (Å²) in [6, 6.07) is 18.8. The molecule has 144 valence electrons. The number of nitrogens with one attached hydrogen (secondary N) is 2. The minimum atomic E-state index is -0.368. The lowest BCUT2D eigenvalue weighted by Crippen LogP contribution is -2.37. The third-order valence-corrected chi connectivity index (χ3v) is 4.20. The van der Waals surface area contributed by atoms with Crippen molar-refractivity contribution >= 4 is 39.7 Å². The van der Waals surface area contributed by atoms with E-state index in [-0.39, 0.29) is 17.6 Å². The number of fused-ring (bicyclic) bond motifs is 1. The number of hydrogen-bond donors (Lipinski definition) is 2. The smallest absolute Gasteiger partial charge is 0.264 e. The Hall–Kier alpha value is -3.32. The normalized spacial score (nSPS) is 10.2. The minimum absolute atomic E-state index is 0.138. The lowest BCUT2D eigenvalue weighted by atomic mass is 10.1. The molecule has 3 aromatic carbocycles. The van der Waals surface area contributed by atoms with Gasteiger partial charge in [0, 0.05) is 6.07 Å². The monoisotopic (exact) mass is 396 g/mol. The molecular formula is C21H20N2O4S. The number of thiocarbonyl (C=S) groups is 1. The highest BCUT2D eigenvalue weighted by molar-refractivity contribution is 7.80. The van der Waals surface area contributed by atoms with Crippen LogP contribution in [-0.4, -0.2) is 31.8 Å². The number of ether oxygens (including phenoxy) is 3. The Morgan fingerprint density at radius 3 is 2.43 bits per heavy atom. The van der Waals surface area contributed by atoms with Crippen LogP contribution in [0.4, 0.5) is 5.69 Å². The molecule has 28 heavy (non-hydrogen) atoms. The molecule has 0 bridgehead atoms. The van der Waals surface area contributed by atoms with E-state index in [9.17, 15) is 4.79 Å². The first-order chi connectivity index (χ1) is 13.6. The van der Waals surface area contributed by atoms with E-state index in [4.69, 9.17) is 26.4 Å². The molecule has 0 heterocycles. The maximum atomic E-state index is 12.1. The number of carbonyl (C=O) groups excluding carboxylic acids is 1. The van der Waals surface area contributed by atoms with Crippen molar-refractivity contribution in [1.29, 1.82) is 0 Å². The fraction of sp³-hybridized carbons (Fsp3) is 0.143. The molecular weight excluding hydrogens is 376 g/mol. The molecule has 3 aromatic rings. The number of carbonyl (C=O) groups is 1.